The zero-order chi connectivity index (χ0) is 13.5. The molecular formula is C16H14FNO. The molecule has 0 aliphatic heterocycles. The molecule has 0 spiro atoms. The number of benzene rings is 2. The van der Waals surface area contributed by atoms with Crippen LogP contribution in [0.3, 0.4) is 0 Å². The van der Waals surface area contributed by atoms with Gasteiger partial charge in [-0.1, -0.05) is 54.6 Å². The lowest BCUT2D eigenvalue weighted by atomic mass is 10.2. The number of carbonyl (C=O) groups is 1. The van der Waals surface area contributed by atoms with E-state index in [9.17, 15) is 9.18 Å². The maximum atomic E-state index is 13.3. The monoisotopic (exact) mass is 255 g/mol. The van der Waals surface area contributed by atoms with Gasteiger partial charge in [0.15, 0.2) is 0 Å². The second-order valence-corrected chi connectivity index (χ2v) is 4.00. The zero-order valence-electron chi connectivity index (χ0n) is 10.3. The summed E-state index contributed by atoms with van der Waals surface area (Å²) >= 11 is 0. The first-order valence-corrected chi connectivity index (χ1v) is 6.01. The molecule has 0 aliphatic rings. The number of carbonyl (C=O) groups excluding carboxylic acids is 1. The van der Waals surface area contributed by atoms with Crippen LogP contribution in [-0.2, 0) is 0 Å². The third-order valence-corrected chi connectivity index (χ3v) is 2.61. The first-order valence-electron chi connectivity index (χ1n) is 6.01. The molecule has 2 rings (SSSR count). The minimum Gasteiger partial charge on any atom is -0.348 e. The number of hydrogen-bond donors (Lipinski definition) is 1. The highest BCUT2D eigenvalue weighted by Gasteiger charge is 2.08. The Morgan fingerprint density at radius 3 is 2.47 bits per heavy atom. The van der Waals surface area contributed by atoms with Crippen LogP contribution in [0.25, 0.3) is 6.08 Å². The topological polar surface area (TPSA) is 29.1 Å². The molecule has 1 amide bonds. The molecule has 96 valence electrons. The first kappa shape index (κ1) is 13.0. The fourth-order valence-electron chi connectivity index (χ4n) is 1.65. The standard InChI is InChI=1S/C16H14FNO/c17-15-11-5-4-10-14(15)16(19)18-12-6-9-13-7-2-1-3-8-13/h1-11H,12H2,(H,18,19). The van der Waals surface area contributed by atoms with Gasteiger partial charge in [-0.05, 0) is 17.7 Å². The summed E-state index contributed by atoms with van der Waals surface area (Å²) < 4.78 is 13.3. The molecule has 0 aliphatic carbocycles. The predicted molar refractivity (Wildman–Crippen MR) is 74.2 cm³/mol. The van der Waals surface area contributed by atoms with Gasteiger partial charge in [0.05, 0.1) is 5.56 Å². The van der Waals surface area contributed by atoms with E-state index in [-0.39, 0.29) is 5.56 Å². The molecule has 2 aromatic rings. The lowest BCUT2D eigenvalue weighted by Gasteiger charge is -2.03. The van der Waals surface area contributed by atoms with Crippen molar-refractivity contribution in [3.05, 3.63) is 77.6 Å². The molecule has 2 nitrogen and oxygen atoms in total. The molecule has 0 saturated carbocycles. The summed E-state index contributed by atoms with van der Waals surface area (Å²) in [6.07, 6.45) is 3.73. The number of nitrogens with one attached hydrogen (secondary N) is 1. The van der Waals surface area contributed by atoms with Crippen LogP contribution >= 0.6 is 0 Å². The van der Waals surface area contributed by atoms with Gasteiger partial charge < -0.3 is 5.32 Å². The first-order chi connectivity index (χ1) is 9.27. The Morgan fingerprint density at radius 1 is 1.05 bits per heavy atom. The average Bonchev–Trinajstić information content (AvgIpc) is 2.45. The molecule has 0 heterocycles. The van der Waals surface area contributed by atoms with Crippen molar-refractivity contribution in [3.63, 3.8) is 0 Å². The van der Waals surface area contributed by atoms with Crippen molar-refractivity contribution in [2.45, 2.75) is 0 Å². The molecule has 0 unspecified atom stereocenters. The van der Waals surface area contributed by atoms with Crippen molar-refractivity contribution in [2.75, 3.05) is 6.54 Å². The molecule has 0 aromatic heterocycles. The molecule has 0 bridgehead atoms. The Bertz CT molecular complexity index is 578. The highest BCUT2D eigenvalue weighted by atomic mass is 19.1. The van der Waals surface area contributed by atoms with Crippen molar-refractivity contribution in [1.29, 1.82) is 0 Å². The lowest BCUT2D eigenvalue weighted by Crippen LogP contribution is -2.24. The molecule has 0 radical (unpaired) electrons. The van der Waals surface area contributed by atoms with Crippen molar-refractivity contribution in [1.82, 2.24) is 5.32 Å². The van der Waals surface area contributed by atoms with Crippen LogP contribution in [0.5, 0.6) is 0 Å². The van der Waals surface area contributed by atoms with Crippen LogP contribution in [0.4, 0.5) is 4.39 Å². The number of hydrogen-bond acceptors (Lipinski definition) is 1. The zero-order valence-corrected chi connectivity index (χ0v) is 10.3. The maximum Gasteiger partial charge on any atom is 0.254 e. The van der Waals surface area contributed by atoms with E-state index in [1.54, 1.807) is 12.1 Å². The summed E-state index contributed by atoms with van der Waals surface area (Å²) in [5.41, 5.74) is 1.12. The third-order valence-electron chi connectivity index (χ3n) is 2.61. The molecule has 0 fully saturated rings. The Kier molecular flexibility index (Phi) is 4.45. The lowest BCUT2D eigenvalue weighted by molar-refractivity contribution is 0.0954. The van der Waals surface area contributed by atoms with E-state index in [4.69, 9.17) is 0 Å². The molecule has 2 aromatic carbocycles. The summed E-state index contributed by atoms with van der Waals surface area (Å²) in [6.45, 7) is 0.363. The molecule has 19 heavy (non-hydrogen) atoms. The van der Waals surface area contributed by atoms with Crippen molar-refractivity contribution in [2.24, 2.45) is 0 Å². The summed E-state index contributed by atoms with van der Waals surface area (Å²) in [5, 5.41) is 2.64. The highest BCUT2D eigenvalue weighted by Crippen LogP contribution is 2.05. The minimum absolute atomic E-state index is 0.0654. The predicted octanol–water partition coefficient (Wildman–Crippen LogP) is 3.27. The van der Waals surface area contributed by atoms with Crippen LogP contribution < -0.4 is 5.32 Å². The normalized spacial score (nSPS) is 10.6. The number of halogens is 1. The second kappa shape index (κ2) is 6.50. The van der Waals surface area contributed by atoms with Gasteiger partial charge in [0.25, 0.3) is 5.91 Å². The van der Waals surface area contributed by atoms with Crippen molar-refractivity contribution in [3.8, 4) is 0 Å². The number of rotatable bonds is 4. The Morgan fingerprint density at radius 2 is 1.74 bits per heavy atom. The quantitative estimate of drug-likeness (QED) is 0.892. The van der Waals surface area contributed by atoms with Gasteiger partial charge in [-0.2, -0.15) is 0 Å². The Balaban J connectivity index is 1.88. The molecule has 1 N–H and O–H groups in total. The molecular weight excluding hydrogens is 241 g/mol. The van der Waals surface area contributed by atoms with Gasteiger partial charge in [-0.25, -0.2) is 4.39 Å². The summed E-state index contributed by atoms with van der Waals surface area (Å²) in [5.74, 6) is -0.914. The van der Waals surface area contributed by atoms with E-state index in [0.717, 1.165) is 5.56 Å². The summed E-state index contributed by atoms with van der Waals surface area (Å²) in [7, 11) is 0. The van der Waals surface area contributed by atoms with Crippen LogP contribution in [-0.4, -0.2) is 12.5 Å². The summed E-state index contributed by atoms with van der Waals surface area (Å²) in [4.78, 5) is 11.7. The molecule has 0 saturated heterocycles. The smallest absolute Gasteiger partial charge is 0.254 e. The number of amides is 1. The van der Waals surface area contributed by atoms with Gasteiger partial charge in [-0.3, -0.25) is 4.79 Å². The van der Waals surface area contributed by atoms with Gasteiger partial charge in [0.2, 0.25) is 0 Å². The van der Waals surface area contributed by atoms with Crippen molar-refractivity contribution < 1.29 is 9.18 Å². The van der Waals surface area contributed by atoms with Gasteiger partial charge in [-0.15, -0.1) is 0 Å². The van der Waals surface area contributed by atoms with Crippen molar-refractivity contribution >= 4 is 12.0 Å². The maximum absolute atomic E-state index is 13.3. The second-order valence-electron chi connectivity index (χ2n) is 4.00. The van der Waals surface area contributed by atoms with Crippen LogP contribution in [0.1, 0.15) is 15.9 Å². The molecule has 0 atom stereocenters. The fourth-order valence-corrected chi connectivity index (χ4v) is 1.65. The average molecular weight is 255 g/mol. The van der Waals surface area contributed by atoms with E-state index in [2.05, 4.69) is 5.32 Å². The van der Waals surface area contributed by atoms with Gasteiger partial charge >= 0.3 is 0 Å². The van der Waals surface area contributed by atoms with Crippen LogP contribution in [0.2, 0.25) is 0 Å². The van der Waals surface area contributed by atoms with E-state index < -0.39 is 11.7 Å². The van der Waals surface area contributed by atoms with Crippen LogP contribution in [0.15, 0.2) is 60.7 Å². The SMILES string of the molecule is O=C(NCC=Cc1ccccc1)c1ccccc1F. The Labute approximate surface area is 111 Å². The molecule has 3 heteroatoms. The highest BCUT2D eigenvalue weighted by molar-refractivity contribution is 5.94. The largest absolute Gasteiger partial charge is 0.348 e. The van der Waals surface area contributed by atoms with Gasteiger partial charge in [0, 0.05) is 6.54 Å². The van der Waals surface area contributed by atoms with E-state index in [1.165, 1.54) is 12.1 Å². The van der Waals surface area contributed by atoms with E-state index >= 15 is 0 Å². The van der Waals surface area contributed by atoms with E-state index in [0.29, 0.717) is 6.54 Å². The fraction of sp³-hybridized carbons (Fsp3) is 0.0625. The third kappa shape index (κ3) is 3.78. The van der Waals surface area contributed by atoms with E-state index in [1.807, 2.05) is 42.5 Å². The van der Waals surface area contributed by atoms with Gasteiger partial charge in [0.1, 0.15) is 5.82 Å². The summed E-state index contributed by atoms with van der Waals surface area (Å²) in [6, 6.07) is 15.7. The minimum atomic E-state index is -0.507. The Hall–Kier alpha value is -2.42. The van der Waals surface area contributed by atoms with Crippen LogP contribution in [0, 0.1) is 5.82 Å².